The highest BCUT2D eigenvalue weighted by Crippen LogP contribution is 2.29. The van der Waals surface area contributed by atoms with E-state index in [2.05, 4.69) is 29.2 Å². The average Bonchev–Trinajstić information content (AvgIpc) is 3.30. The third kappa shape index (κ3) is 4.78. The van der Waals surface area contributed by atoms with Gasteiger partial charge in [0.05, 0.1) is 0 Å². The number of hydrogen-bond acceptors (Lipinski definition) is 4. The summed E-state index contributed by atoms with van der Waals surface area (Å²) in [4.78, 5) is 19.4. The molecular weight excluding hydrogens is 374 g/mol. The number of carbonyl (C=O) groups excluding carboxylic acids is 1. The van der Waals surface area contributed by atoms with Gasteiger partial charge in [0.25, 0.3) is 5.91 Å². The normalized spacial score (nSPS) is 14.8. The molecule has 0 unspecified atom stereocenters. The standard InChI is InChI=1S/C25H29N3O2/c1-2-3-5-8-19-11-13-22(14-12-19)25(29)28-17-15-21(16-18-28)24-26-23(27-30-24)20-9-6-4-7-10-20/h4,6-7,9-14,21H,2-3,5,8,15-18H2,1H3. The number of benzene rings is 2. The Labute approximate surface area is 178 Å². The molecule has 1 saturated heterocycles. The summed E-state index contributed by atoms with van der Waals surface area (Å²) in [6, 6.07) is 18.0. The molecule has 0 radical (unpaired) electrons. The number of piperidine rings is 1. The molecule has 5 heteroatoms. The molecule has 1 aliphatic heterocycles. The van der Waals surface area contributed by atoms with Gasteiger partial charge in [0.2, 0.25) is 11.7 Å². The largest absolute Gasteiger partial charge is 0.339 e. The van der Waals surface area contributed by atoms with Crippen molar-refractivity contribution in [3.05, 3.63) is 71.6 Å². The number of unbranched alkanes of at least 4 members (excludes halogenated alkanes) is 2. The molecule has 0 bridgehead atoms. The summed E-state index contributed by atoms with van der Waals surface area (Å²) in [5, 5.41) is 4.13. The molecule has 30 heavy (non-hydrogen) atoms. The predicted molar refractivity (Wildman–Crippen MR) is 117 cm³/mol. The van der Waals surface area contributed by atoms with E-state index < -0.39 is 0 Å². The summed E-state index contributed by atoms with van der Waals surface area (Å²) in [7, 11) is 0. The van der Waals surface area contributed by atoms with Gasteiger partial charge in [-0.25, -0.2) is 0 Å². The molecular formula is C25H29N3O2. The van der Waals surface area contributed by atoms with Crippen LogP contribution in [0.15, 0.2) is 59.1 Å². The second-order valence-electron chi connectivity index (χ2n) is 8.04. The van der Waals surface area contributed by atoms with Gasteiger partial charge in [-0.2, -0.15) is 4.98 Å². The van der Waals surface area contributed by atoms with Crippen LogP contribution in [0, 0.1) is 0 Å². The number of rotatable bonds is 7. The smallest absolute Gasteiger partial charge is 0.253 e. The van der Waals surface area contributed by atoms with Gasteiger partial charge in [-0.05, 0) is 43.4 Å². The Balaban J connectivity index is 1.32. The van der Waals surface area contributed by atoms with Crippen LogP contribution in [-0.4, -0.2) is 34.0 Å². The zero-order valence-corrected chi connectivity index (χ0v) is 17.6. The monoisotopic (exact) mass is 403 g/mol. The van der Waals surface area contributed by atoms with Crippen LogP contribution >= 0.6 is 0 Å². The molecule has 2 aromatic carbocycles. The summed E-state index contributed by atoms with van der Waals surface area (Å²) >= 11 is 0. The van der Waals surface area contributed by atoms with Gasteiger partial charge >= 0.3 is 0 Å². The summed E-state index contributed by atoms with van der Waals surface area (Å²) in [5.74, 6) is 1.63. The molecule has 156 valence electrons. The van der Waals surface area contributed by atoms with Crippen LogP contribution in [0.5, 0.6) is 0 Å². The summed E-state index contributed by atoms with van der Waals surface area (Å²) in [6.45, 7) is 3.64. The minimum Gasteiger partial charge on any atom is -0.339 e. The van der Waals surface area contributed by atoms with E-state index in [1.165, 1.54) is 24.8 Å². The van der Waals surface area contributed by atoms with Gasteiger partial charge in [0.15, 0.2) is 0 Å². The van der Waals surface area contributed by atoms with E-state index in [-0.39, 0.29) is 11.8 Å². The Morgan fingerprint density at radius 3 is 2.47 bits per heavy atom. The van der Waals surface area contributed by atoms with E-state index in [9.17, 15) is 4.79 Å². The van der Waals surface area contributed by atoms with E-state index in [0.717, 1.165) is 30.4 Å². The number of aryl methyl sites for hydroxylation is 1. The molecule has 1 aromatic heterocycles. The quantitative estimate of drug-likeness (QED) is 0.490. The van der Waals surface area contributed by atoms with E-state index in [0.29, 0.717) is 24.8 Å². The topological polar surface area (TPSA) is 59.2 Å². The fourth-order valence-electron chi connectivity index (χ4n) is 4.01. The molecule has 3 aromatic rings. The minimum absolute atomic E-state index is 0.115. The van der Waals surface area contributed by atoms with Crippen LogP contribution in [0.1, 0.15) is 66.8 Å². The van der Waals surface area contributed by atoms with Crippen molar-refractivity contribution in [2.24, 2.45) is 0 Å². The fraction of sp³-hybridized carbons (Fsp3) is 0.400. The molecule has 0 atom stereocenters. The van der Waals surface area contributed by atoms with Gasteiger partial charge in [0.1, 0.15) is 0 Å². The van der Waals surface area contributed by atoms with E-state index >= 15 is 0 Å². The number of nitrogens with zero attached hydrogens (tertiary/aromatic N) is 3. The molecule has 0 aliphatic carbocycles. The molecule has 4 rings (SSSR count). The first-order valence-electron chi connectivity index (χ1n) is 11.0. The lowest BCUT2D eigenvalue weighted by Crippen LogP contribution is -2.38. The van der Waals surface area contributed by atoms with Gasteiger partial charge in [-0.1, -0.05) is 67.4 Å². The predicted octanol–water partition coefficient (Wildman–Crippen LogP) is 5.49. The van der Waals surface area contributed by atoms with Gasteiger partial charge in [-0.3, -0.25) is 4.79 Å². The lowest BCUT2D eigenvalue weighted by atomic mass is 9.96. The van der Waals surface area contributed by atoms with Crippen LogP contribution in [-0.2, 0) is 6.42 Å². The molecule has 0 N–H and O–H groups in total. The van der Waals surface area contributed by atoms with Crippen LogP contribution < -0.4 is 0 Å². The summed E-state index contributed by atoms with van der Waals surface area (Å²) in [5.41, 5.74) is 3.04. The Morgan fingerprint density at radius 2 is 1.77 bits per heavy atom. The molecule has 0 saturated carbocycles. The average molecular weight is 404 g/mol. The Bertz CT molecular complexity index is 942. The Morgan fingerprint density at radius 1 is 1.03 bits per heavy atom. The maximum atomic E-state index is 12.9. The molecule has 1 fully saturated rings. The van der Waals surface area contributed by atoms with Crippen molar-refractivity contribution in [2.75, 3.05) is 13.1 Å². The highest BCUT2D eigenvalue weighted by molar-refractivity contribution is 5.94. The van der Waals surface area contributed by atoms with Crippen molar-refractivity contribution in [3.8, 4) is 11.4 Å². The SMILES string of the molecule is CCCCCc1ccc(C(=O)N2CCC(c3nc(-c4ccccc4)no3)CC2)cc1. The second kappa shape index (κ2) is 9.70. The van der Waals surface area contributed by atoms with Crippen LogP contribution in [0.3, 0.4) is 0 Å². The lowest BCUT2D eigenvalue weighted by molar-refractivity contribution is 0.0704. The fourth-order valence-corrected chi connectivity index (χ4v) is 4.01. The van der Waals surface area contributed by atoms with E-state index in [1.807, 2.05) is 47.4 Å². The van der Waals surface area contributed by atoms with Crippen molar-refractivity contribution in [3.63, 3.8) is 0 Å². The first-order chi connectivity index (χ1) is 14.7. The summed E-state index contributed by atoms with van der Waals surface area (Å²) in [6.07, 6.45) is 6.46. The van der Waals surface area contributed by atoms with Crippen LogP contribution in [0.25, 0.3) is 11.4 Å². The third-order valence-electron chi connectivity index (χ3n) is 5.88. The highest BCUT2D eigenvalue weighted by atomic mass is 16.5. The molecule has 5 nitrogen and oxygen atoms in total. The van der Waals surface area contributed by atoms with Crippen molar-refractivity contribution >= 4 is 5.91 Å². The summed E-state index contributed by atoms with van der Waals surface area (Å²) < 4.78 is 5.53. The Hall–Kier alpha value is -2.95. The second-order valence-corrected chi connectivity index (χ2v) is 8.04. The number of aromatic nitrogens is 2. The molecule has 1 amide bonds. The van der Waals surface area contributed by atoms with E-state index in [1.54, 1.807) is 0 Å². The first kappa shape index (κ1) is 20.3. The number of carbonyl (C=O) groups is 1. The number of likely N-dealkylation sites (tertiary alicyclic amines) is 1. The molecule has 2 heterocycles. The Kier molecular flexibility index (Phi) is 6.57. The maximum absolute atomic E-state index is 12.9. The van der Waals surface area contributed by atoms with Gasteiger partial charge in [-0.15, -0.1) is 0 Å². The molecule has 1 aliphatic rings. The molecule has 0 spiro atoms. The highest BCUT2D eigenvalue weighted by Gasteiger charge is 2.28. The van der Waals surface area contributed by atoms with Crippen molar-refractivity contribution in [1.82, 2.24) is 15.0 Å². The van der Waals surface area contributed by atoms with Gasteiger partial charge < -0.3 is 9.42 Å². The first-order valence-corrected chi connectivity index (χ1v) is 11.0. The van der Waals surface area contributed by atoms with Gasteiger partial charge in [0, 0.05) is 30.1 Å². The van der Waals surface area contributed by atoms with E-state index in [4.69, 9.17) is 4.52 Å². The van der Waals surface area contributed by atoms with Crippen molar-refractivity contribution in [1.29, 1.82) is 0 Å². The minimum atomic E-state index is 0.115. The zero-order chi connectivity index (χ0) is 20.8. The zero-order valence-electron chi connectivity index (χ0n) is 17.6. The van der Waals surface area contributed by atoms with Crippen LogP contribution in [0.4, 0.5) is 0 Å². The number of hydrogen-bond donors (Lipinski definition) is 0. The van der Waals surface area contributed by atoms with Crippen molar-refractivity contribution < 1.29 is 9.32 Å². The maximum Gasteiger partial charge on any atom is 0.253 e. The third-order valence-corrected chi connectivity index (χ3v) is 5.88. The lowest BCUT2D eigenvalue weighted by Gasteiger charge is -2.30. The van der Waals surface area contributed by atoms with Crippen molar-refractivity contribution in [2.45, 2.75) is 51.4 Å². The van der Waals surface area contributed by atoms with Crippen LogP contribution in [0.2, 0.25) is 0 Å². The number of amides is 1.